The van der Waals surface area contributed by atoms with Gasteiger partial charge in [-0.15, -0.1) is 0 Å². The van der Waals surface area contributed by atoms with Gasteiger partial charge in [-0.1, -0.05) is 109 Å². The Kier molecular flexibility index (Phi) is 5.00. The minimum Gasteiger partial charge on any atom is -0.301 e. The molecular weight excluding hydrogens is 585 g/mol. The van der Waals surface area contributed by atoms with E-state index >= 15 is 0 Å². The molecule has 0 saturated heterocycles. The van der Waals surface area contributed by atoms with Crippen molar-refractivity contribution in [2.24, 2.45) is 0 Å². The van der Waals surface area contributed by atoms with Crippen molar-refractivity contribution in [1.29, 1.82) is 0 Å². The highest BCUT2D eigenvalue weighted by molar-refractivity contribution is 6.35. The highest BCUT2D eigenvalue weighted by atomic mass is 15.2. The Morgan fingerprint density at radius 1 is 0.479 bits per heavy atom. The monoisotopic (exact) mass is 608 g/mol. The maximum absolute atomic E-state index is 5.37. The van der Waals surface area contributed by atoms with E-state index in [1.165, 1.54) is 49.1 Å². The van der Waals surface area contributed by atoms with Gasteiger partial charge in [-0.25, -0.2) is 9.97 Å². The number of fused-ring (bicyclic) bond motifs is 11. The van der Waals surface area contributed by atoms with Crippen LogP contribution in [0.5, 0.6) is 0 Å². The van der Waals surface area contributed by atoms with Crippen LogP contribution in [0.3, 0.4) is 0 Å². The Morgan fingerprint density at radius 2 is 1.23 bits per heavy atom. The van der Waals surface area contributed by atoms with Crippen molar-refractivity contribution in [2.75, 3.05) is 0 Å². The molecule has 48 heavy (non-hydrogen) atoms. The lowest BCUT2D eigenvalue weighted by molar-refractivity contribution is 1.01. The predicted octanol–water partition coefficient (Wildman–Crippen LogP) is 10.8. The van der Waals surface area contributed by atoms with Gasteiger partial charge in [0.05, 0.1) is 33.3 Å². The summed E-state index contributed by atoms with van der Waals surface area (Å²) < 4.78 is 4.65. The van der Waals surface area contributed by atoms with Crippen molar-refractivity contribution in [1.82, 2.24) is 18.9 Å². The number of hydrogen-bond acceptors (Lipinski definition) is 2. The third-order valence-electron chi connectivity index (χ3n) is 9.90. The van der Waals surface area contributed by atoms with Crippen LogP contribution in [-0.4, -0.2) is 18.9 Å². The summed E-state index contributed by atoms with van der Waals surface area (Å²) in [4.78, 5) is 10.6. The molecule has 0 bridgehead atoms. The summed E-state index contributed by atoms with van der Waals surface area (Å²) >= 11 is 0. The van der Waals surface area contributed by atoms with Crippen molar-refractivity contribution in [3.05, 3.63) is 158 Å². The average Bonchev–Trinajstić information content (AvgIpc) is 3.79. The molecular formula is C44H24N4. The van der Waals surface area contributed by atoms with Crippen molar-refractivity contribution in [3.8, 4) is 28.3 Å². The zero-order valence-corrected chi connectivity index (χ0v) is 25.6. The second kappa shape index (κ2) is 9.42. The first-order valence-corrected chi connectivity index (χ1v) is 16.2. The first-order valence-electron chi connectivity index (χ1n) is 16.2. The molecule has 0 saturated carbocycles. The van der Waals surface area contributed by atoms with Gasteiger partial charge in [0.1, 0.15) is 5.52 Å². The van der Waals surface area contributed by atoms with Crippen LogP contribution in [0, 0.1) is 12.1 Å². The van der Waals surface area contributed by atoms with E-state index in [0.717, 1.165) is 44.1 Å². The van der Waals surface area contributed by atoms with Crippen LogP contribution in [0.1, 0.15) is 0 Å². The smallest absolute Gasteiger partial charge is 0.235 e. The zero-order valence-electron chi connectivity index (χ0n) is 25.6. The second-order valence-corrected chi connectivity index (χ2v) is 12.4. The lowest BCUT2D eigenvalue weighted by Crippen LogP contribution is -2.03. The third-order valence-corrected chi connectivity index (χ3v) is 9.90. The van der Waals surface area contributed by atoms with Crippen LogP contribution < -0.4 is 0 Å². The van der Waals surface area contributed by atoms with E-state index in [9.17, 15) is 0 Å². The average molecular weight is 609 g/mol. The quantitative estimate of drug-likeness (QED) is 0.200. The second-order valence-electron chi connectivity index (χ2n) is 12.4. The fourth-order valence-corrected chi connectivity index (χ4v) is 7.88. The Bertz CT molecular complexity index is 3040. The highest BCUT2D eigenvalue weighted by Gasteiger charge is 2.25. The lowest BCUT2D eigenvalue weighted by Gasteiger charge is -2.12. The molecule has 0 fully saturated rings. The van der Waals surface area contributed by atoms with Crippen molar-refractivity contribution < 1.29 is 0 Å². The van der Waals surface area contributed by atoms with Crippen LogP contribution in [-0.2, 0) is 0 Å². The van der Waals surface area contributed by atoms with E-state index in [-0.39, 0.29) is 0 Å². The van der Waals surface area contributed by atoms with Crippen LogP contribution in [0.25, 0.3) is 99.1 Å². The SMILES string of the molecule is c1ccc2c3cc4c(c5cc(-c6ccccc6)ccc5n4-c4nc(-c5ccccc5)c5ccccc5n4)c4c5ccccc5n(c2c#1)c34. The summed E-state index contributed by atoms with van der Waals surface area (Å²) in [5.74, 6) is 0.654. The molecule has 4 nitrogen and oxygen atoms in total. The Balaban J connectivity index is 1.37. The van der Waals surface area contributed by atoms with Crippen LogP contribution in [0.4, 0.5) is 0 Å². The van der Waals surface area contributed by atoms with Crippen LogP contribution in [0.15, 0.2) is 146 Å². The molecule has 0 N–H and O–H groups in total. The number of benzene rings is 6. The number of rotatable bonds is 3. The molecule has 0 aliphatic carbocycles. The summed E-state index contributed by atoms with van der Waals surface area (Å²) in [5, 5.41) is 8.20. The summed E-state index contributed by atoms with van der Waals surface area (Å²) in [6.45, 7) is 0. The molecule has 7 aromatic carbocycles. The Hall–Kier alpha value is -6.70. The molecule has 4 heterocycles. The number of nitrogens with zero attached hydrogens (tertiary/aromatic N) is 4. The van der Waals surface area contributed by atoms with Crippen molar-refractivity contribution >= 4 is 70.8 Å². The topological polar surface area (TPSA) is 35.1 Å². The summed E-state index contributed by atoms with van der Waals surface area (Å²) in [5.41, 5.74) is 10.8. The maximum atomic E-state index is 5.37. The van der Waals surface area contributed by atoms with E-state index in [4.69, 9.17) is 9.97 Å². The molecule has 4 aromatic heterocycles. The summed E-state index contributed by atoms with van der Waals surface area (Å²) in [6, 6.07) is 58.0. The zero-order chi connectivity index (χ0) is 31.3. The van der Waals surface area contributed by atoms with E-state index < -0.39 is 0 Å². The molecule has 0 aliphatic heterocycles. The molecule has 4 heteroatoms. The minimum atomic E-state index is 0.654. The van der Waals surface area contributed by atoms with Gasteiger partial charge in [0, 0.05) is 43.3 Å². The Labute approximate surface area is 275 Å². The molecule has 0 amide bonds. The van der Waals surface area contributed by atoms with Gasteiger partial charge in [0.2, 0.25) is 5.95 Å². The number of hydrogen-bond donors (Lipinski definition) is 0. The molecule has 11 rings (SSSR count). The third kappa shape index (κ3) is 3.34. The fourth-order valence-electron chi connectivity index (χ4n) is 7.88. The highest BCUT2D eigenvalue weighted by Crippen LogP contribution is 2.47. The summed E-state index contributed by atoms with van der Waals surface area (Å²) in [6.07, 6.45) is 0. The fraction of sp³-hybridized carbons (Fsp3) is 0. The van der Waals surface area contributed by atoms with Gasteiger partial charge >= 0.3 is 0 Å². The van der Waals surface area contributed by atoms with E-state index in [0.29, 0.717) is 5.95 Å². The van der Waals surface area contributed by atoms with Gasteiger partial charge in [0.25, 0.3) is 0 Å². The molecule has 11 aromatic rings. The van der Waals surface area contributed by atoms with E-state index in [1.54, 1.807) is 0 Å². The number of aromatic nitrogens is 4. The van der Waals surface area contributed by atoms with E-state index in [2.05, 4.69) is 155 Å². The van der Waals surface area contributed by atoms with Gasteiger partial charge < -0.3 is 4.40 Å². The molecule has 0 aliphatic rings. The molecule has 0 spiro atoms. The molecule has 0 radical (unpaired) electrons. The first kappa shape index (κ1) is 25.5. The van der Waals surface area contributed by atoms with Gasteiger partial charge in [-0.2, -0.15) is 0 Å². The number of para-hydroxylation sites is 2. The Morgan fingerprint density at radius 3 is 2.08 bits per heavy atom. The van der Waals surface area contributed by atoms with Crippen molar-refractivity contribution in [2.45, 2.75) is 0 Å². The maximum Gasteiger partial charge on any atom is 0.235 e. The minimum absolute atomic E-state index is 0.654. The van der Waals surface area contributed by atoms with Crippen LogP contribution in [0.2, 0.25) is 0 Å². The lowest BCUT2D eigenvalue weighted by atomic mass is 9.99. The molecule has 0 atom stereocenters. The van der Waals surface area contributed by atoms with Gasteiger partial charge in [0.15, 0.2) is 0 Å². The standard InChI is InChI=1S/C44H24N4/c1-3-13-27(14-4-1)29-23-24-38-34(25-29)40-39(48(38)44-45-35-20-10-7-18-31(35)42(46-44)28-15-5-2-6-16-28)26-33-30-17-8-11-21-36(30)47-37-22-12-9-19-32(37)41(40)43(33)47/h1-10,12-20,22-26H. The van der Waals surface area contributed by atoms with E-state index in [1.807, 2.05) is 12.1 Å². The van der Waals surface area contributed by atoms with Gasteiger partial charge in [-0.3, -0.25) is 4.57 Å². The normalized spacial score (nSPS) is 12.0. The first-order chi connectivity index (χ1) is 23.8. The summed E-state index contributed by atoms with van der Waals surface area (Å²) in [7, 11) is 0. The largest absolute Gasteiger partial charge is 0.301 e. The molecule has 220 valence electrons. The van der Waals surface area contributed by atoms with Gasteiger partial charge in [-0.05, 0) is 59.7 Å². The van der Waals surface area contributed by atoms with Crippen molar-refractivity contribution in [3.63, 3.8) is 0 Å². The predicted molar refractivity (Wildman–Crippen MR) is 197 cm³/mol. The van der Waals surface area contributed by atoms with Crippen LogP contribution >= 0.6 is 0 Å². The molecule has 0 unspecified atom stereocenters.